The highest BCUT2D eigenvalue weighted by molar-refractivity contribution is 7.07. The van der Waals surface area contributed by atoms with Crippen LogP contribution in [0.5, 0.6) is 0 Å². The summed E-state index contributed by atoms with van der Waals surface area (Å²) in [7, 11) is 0. The fourth-order valence-corrected chi connectivity index (χ4v) is 3.38. The van der Waals surface area contributed by atoms with Gasteiger partial charge in [0.15, 0.2) is 5.82 Å². The van der Waals surface area contributed by atoms with E-state index in [0.29, 0.717) is 24.9 Å². The van der Waals surface area contributed by atoms with E-state index >= 15 is 0 Å². The number of hydrogen-bond donors (Lipinski definition) is 3. The van der Waals surface area contributed by atoms with Crippen molar-refractivity contribution < 1.29 is 4.84 Å². The van der Waals surface area contributed by atoms with E-state index in [2.05, 4.69) is 48.1 Å². The van der Waals surface area contributed by atoms with Crippen LogP contribution < -0.4 is 10.8 Å². The SMILES string of the molecule is c1ccc(C[C@@H](CONc2nnc(-c3ccncc3)[nH]2)NCc2cscn2)cc1. The minimum absolute atomic E-state index is 0.106. The fraction of sp³-hybridized carbons (Fsp3) is 0.200. The lowest BCUT2D eigenvalue weighted by Gasteiger charge is -2.18. The van der Waals surface area contributed by atoms with Gasteiger partial charge in [0.05, 0.1) is 17.8 Å². The van der Waals surface area contributed by atoms with Crippen molar-refractivity contribution in [2.24, 2.45) is 0 Å². The van der Waals surface area contributed by atoms with Crippen molar-refractivity contribution in [3.8, 4) is 11.4 Å². The van der Waals surface area contributed by atoms with Gasteiger partial charge < -0.3 is 10.3 Å². The lowest BCUT2D eigenvalue weighted by Crippen LogP contribution is -2.36. The summed E-state index contributed by atoms with van der Waals surface area (Å²) in [6.07, 6.45) is 4.26. The molecule has 0 aliphatic carbocycles. The first-order valence-corrected chi connectivity index (χ1v) is 10.2. The number of hydrogen-bond acceptors (Lipinski definition) is 8. The molecule has 0 saturated carbocycles. The van der Waals surface area contributed by atoms with Crippen molar-refractivity contribution in [3.05, 3.63) is 77.0 Å². The summed E-state index contributed by atoms with van der Waals surface area (Å²) in [5, 5.41) is 13.7. The molecule has 1 atom stereocenters. The molecule has 4 aromatic rings. The van der Waals surface area contributed by atoms with Gasteiger partial charge in [0.25, 0.3) is 0 Å². The van der Waals surface area contributed by atoms with E-state index in [1.807, 2.05) is 41.2 Å². The maximum Gasteiger partial charge on any atom is 0.246 e. The van der Waals surface area contributed by atoms with Crippen LogP contribution in [0, 0.1) is 0 Å². The number of H-pyrrole nitrogens is 1. The van der Waals surface area contributed by atoms with Gasteiger partial charge >= 0.3 is 0 Å². The summed E-state index contributed by atoms with van der Waals surface area (Å²) >= 11 is 1.59. The zero-order chi connectivity index (χ0) is 19.7. The average molecular weight is 408 g/mol. The first kappa shape index (κ1) is 19.2. The number of benzene rings is 1. The van der Waals surface area contributed by atoms with Crippen molar-refractivity contribution >= 4 is 17.3 Å². The lowest BCUT2D eigenvalue weighted by atomic mass is 10.1. The molecule has 0 bridgehead atoms. The minimum atomic E-state index is 0.106. The summed E-state index contributed by atoms with van der Waals surface area (Å²) in [6.45, 7) is 1.14. The van der Waals surface area contributed by atoms with Crippen molar-refractivity contribution in [2.75, 3.05) is 12.1 Å². The normalized spacial score (nSPS) is 12.0. The molecule has 0 unspecified atom stereocenters. The lowest BCUT2D eigenvalue weighted by molar-refractivity contribution is 0.159. The third-order valence-electron chi connectivity index (χ3n) is 4.27. The smallest absolute Gasteiger partial charge is 0.246 e. The number of nitrogens with zero attached hydrogens (tertiary/aromatic N) is 4. The summed E-state index contributed by atoms with van der Waals surface area (Å²) in [4.78, 5) is 17.1. The Morgan fingerprint density at radius 3 is 2.72 bits per heavy atom. The van der Waals surface area contributed by atoms with Crippen LogP contribution >= 0.6 is 11.3 Å². The average Bonchev–Trinajstić information content (AvgIpc) is 3.46. The Bertz CT molecular complexity index is 977. The number of anilines is 1. The van der Waals surface area contributed by atoms with E-state index in [1.165, 1.54) is 5.56 Å². The third-order valence-corrected chi connectivity index (χ3v) is 4.91. The maximum atomic E-state index is 5.70. The second-order valence-electron chi connectivity index (χ2n) is 6.42. The first-order valence-electron chi connectivity index (χ1n) is 9.22. The van der Waals surface area contributed by atoms with Crippen LogP contribution in [0.1, 0.15) is 11.3 Å². The standard InChI is InChI=1S/C20H21N7OS/c1-2-4-15(5-3-1)10-17(22-11-18-13-29-14-23-18)12-28-27-20-24-19(25-26-20)16-6-8-21-9-7-16/h1-9,13-14,17,22H,10-12H2,(H2,24,25,26,27)/t17-/m0/s1. The van der Waals surface area contributed by atoms with Crippen LogP contribution in [0.3, 0.4) is 0 Å². The zero-order valence-corrected chi connectivity index (χ0v) is 16.5. The van der Waals surface area contributed by atoms with Gasteiger partial charge in [0.1, 0.15) is 0 Å². The van der Waals surface area contributed by atoms with Crippen LogP contribution in [-0.2, 0) is 17.8 Å². The molecule has 29 heavy (non-hydrogen) atoms. The van der Waals surface area contributed by atoms with E-state index in [4.69, 9.17) is 4.84 Å². The summed E-state index contributed by atoms with van der Waals surface area (Å²) in [5.41, 5.74) is 7.86. The first-order chi connectivity index (χ1) is 14.4. The Balaban J connectivity index is 1.32. The Kier molecular flexibility index (Phi) is 6.53. The highest BCUT2D eigenvalue weighted by Crippen LogP contribution is 2.14. The van der Waals surface area contributed by atoms with Crippen molar-refractivity contribution in [3.63, 3.8) is 0 Å². The molecule has 1 aromatic carbocycles. The number of aromatic amines is 1. The molecule has 0 amide bonds. The van der Waals surface area contributed by atoms with Gasteiger partial charge in [-0.1, -0.05) is 30.3 Å². The minimum Gasteiger partial charge on any atom is -0.306 e. The van der Waals surface area contributed by atoms with Gasteiger partial charge in [-0.15, -0.1) is 21.5 Å². The highest BCUT2D eigenvalue weighted by atomic mass is 32.1. The molecule has 0 spiro atoms. The molecule has 9 heteroatoms. The fourth-order valence-electron chi connectivity index (χ4n) is 2.82. The van der Waals surface area contributed by atoms with E-state index in [-0.39, 0.29) is 6.04 Å². The zero-order valence-electron chi connectivity index (χ0n) is 15.7. The second-order valence-corrected chi connectivity index (χ2v) is 7.14. The van der Waals surface area contributed by atoms with Gasteiger partial charge in [0, 0.05) is 35.9 Å². The largest absolute Gasteiger partial charge is 0.306 e. The van der Waals surface area contributed by atoms with E-state index < -0.39 is 0 Å². The molecule has 0 saturated heterocycles. The van der Waals surface area contributed by atoms with Crippen LogP contribution in [0.25, 0.3) is 11.4 Å². The molecule has 0 aliphatic heterocycles. The quantitative estimate of drug-likeness (QED) is 0.347. The Hall–Kier alpha value is -3.14. The van der Waals surface area contributed by atoms with Gasteiger partial charge in [-0.25, -0.2) is 10.5 Å². The summed E-state index contributed by atoms with van der Waals surface area (Å²) < 4.78 is 0. The number of aromatic nitrogens is 5. The number of pyridine rings is 1. The Labute approximate surface area is 172 Å². The molecule has 148 valence electrons. The molecule has 0 aliphatic rings. The van der Waals surface area contributed by atoms with Crippen molar-refractivity contribution in [1.82, 2.24) is 30.5 Å². The second kappa shape index (κ2) is 9.87. The molecule has 3 aromatic heterocycles. The van der Waals surface area contributed by atoms with Crippen LogP contribution in [0.2, 0.25) is 0 Å². The van der Waals surface area contributed by atoms with Crippen molar-refractivity contribution in [1.29, 1.82) is 0 Å². The van der Waals surface area contributed by atoms with Gasteiger partial charge in [0.2, 0.25) is 5.95 Å². The monoisotopic (exact) mass is 407 g/mol. The van der Waals surface area contributed by atoms with Crippen LogP contribution in [0.15, 0.2) is 65.7 Å². The highest BCUT2D eigenvalue weighted by Gasteiger charge is 2.12. The number of thiazole rings is 1. The van der Waals surface area contributed by atoms with Crippen molar-refractivity contribution in [2.45, 2.75) is 19.0 Å². The van der Waals surface area contributed by atoms with E-state index in [1.54, 1.807) is 23.7 Å². The molecule has 0 fully saturated rings. The van der Waals surface area contributed by atoms with Gasteiger partial charge in [-0.2, -0.15) is 0 Å². The Morgan fingerprint density at radius 1 is 1.07 bits per heavy atom. The predicted octanol–water partition coefficient (Wildman–Crippen LogP) is 3.07. The molecular weight excluding hydrogens is 386 g/mol. The molecule has 0 radical (unpaired) electrons. The topological polar surface area (TPSA) is 101 Å². The summed E-state index contributed by atoms with van der Waals surface area (Å²) in [6, 6.07) is 14.2. The molecule has 3 heterocycles. The number of nitrogens with one attached hydrogen (secondary N) is 3. The predicted molar refractivity (Wildman–Crippen MR) is 112 cm³/mol. The van der Waals surface area contributed by atoms with Crippen LogP contribution in [0.4, 0.5) is 5.95 Å². The van der Waals surface area contributed by atoms with Crippen LogP contribution in [-0.4, -0.2) is 37.8 Å². The van der Waals surface area contributed by atoms with E-state index in [0.717, 1.165) is 17.7 Å². The van der Waals surface area contributed by atoms with Gasteiger partial charge in [-0.3, -0.25) is 9.82 Å². The molecule has 3 N–H and O–H groups in total. The van der Waals surface area contributed by atoms with Gasteiger partial charge in [-0.05, 0) is 24.1 Å². The summed E-state index contributed by atoms with van der Waals surface area (Å²) in [5.74, 6) is 1.11. The Morgan fingerprint density at radius 2 is 1.93 bits per heavy atom. The molecule has 8 nitrogen and oxygen atoms in total. The van der Waals surface area contributed by atoms with E-state index in [9.17, 15) is 0 Å². The molecule has 4 rings (SSSR count). The number of rotatable bonds is 10. The maximum absolute atomic E-state index is 5.70. The molecular formula is C20H21N7OS. The third kappa shape index (κ3) is 5.67.